The van der Waals surface area contributed by atoms with Gasteiger partial charge < -0.3 is 19.7 Å². The lowest BCUT2D eigenvalue weighted by molar-refractivity contribution is -0.132. The molecule has 23 heavy (non-hydrogen) atoms. The number of amides is 2. The van der Waals surface area contributed by atoms with Crippen LogP contribution in [-0.4, -0.2) is 48.6 Å². The quantitative estimate of drug-likeness (QED) is 0.806. The van der Waals surface area contributed by atoms with Gasteiger partial charge >= 0.3 is 0 Å². The smallest absolute Gasteiger partial charge is 0.239 e. The number of hydrogen-bond donors (Lipinski definition) is 1. The number of thioether (sulfide) groups is 1. The number of halogens is 1. The molecule has 1 N–H and O–H groups in total. The first-order valence-electron chi connectivity index (χ1n) is 7.16. The van der Waals surface area contributed by atoms with Gasteiger partial charge in [-0.1, -0.05) is 11.6 Å². The number of hydrogen-bond acceptors (Lipinski definition) is 5. The van der Waals surface area contributed by atoms with E-state index in [9.17, 15) is 9.59 Å². The first-order chi connectivity index (χ1) is 11.0. The van der Waals surface area contributed by atoms with Gasteiger partial charge in [0, 0.05) is 6.54 Å². The second kappa shape index (κ2) is 8.31. The van der Waals surface area contributed by atoms with Gasteiger partial charge in [0.15, 0.2) is 11.5 Å². The van der Waals surface area contributed by atoms with Crippen LogP contribution in [0.1, 0.15) is 12.5 Å². The summed E-state index contributed by atoms with van der Waals surface area (Å²) in [5, 5.41) is 3.21. The molecule has 1 aromatic carbocycles. The molecule has 1 aromatic rings. The summed E-state index contributed by atoms with van der Waals surface area (Å²) in [6, 6.07) is 3.50. The van der Waals surface area contributed by atoms with Gasteiger partial charge in [-0.2, -0.15) is 0 Å². The van der Waals surface area contributed by atoms with Crippen LogP contribution in [0.5, 0.6) is 11.5 Å². The maximum absolute atomic E-state index is 11.9. The van der Waals surface area contributed by atoms with Crippen LogP contribution in [0, 0.1) is 0 Å². The van der Waals surface area contributed by atoms with Crippen molar-refractivity contribution in [2.45, 2.75) is 13.5 Å². The van der Waals surface area contributed by atoms with E-state index in [1.807, 2.05) is 6.92 Å². The van der Waals surface area contributed by atoms with E-state index < -0.39 is 0 Å². The lowest BCUT2D eigenvalue weighted by atomic mass is 10.2. The first-order valence-corrected chi connectivity index (χ1v) is 8.69. The number of rotatable bonds is 7. The van der Waals surface area contributed by atoms with E-state index in [1.165, 1.54) is 23.8 Å². The molecule has 1 aliphatic heterocycles. The molecule has 2 rings (SSSR count). The van der Waals surface area contributed by atoms with E-state index >= 15 is 0 Å². The average Bonchev–Trinajstić information content (AvgIpc) is 2.92. The molecule has 0 aliphatic carbocycles. The minimum atomic E-state index is -0.204. The van der Waals surface area contributed by atoms with Crippen molar-refractivity contribution in [3.63, 3.8) is 0 Å². The van der Waals surface area contributed by atoms with Gasteiger partial charge in [-0.05, 0) is 24.6 Å². The summed E-state index contributed by atoms with van der Waals surface area (Å²) in [7, 11) is 1.53. The molecule has 0 spiro atoms. The Kier molecular flexibility index (Phi) is 6.41. The molecule has 6 nitrogen and oxygen atoms in total. The molecule has 126 valence electrons. The zero-order valence-corrected chi connectivity index (χ0v) is 14.6. The van der Waals surface area contributed by atoms with Crippen LogP contribution in [0.25, 0.3) is 0 Å². The zero-order valence-electron chi connectivity index (χ0n) is 13.1. The molecule has 2 amide bonds. The van der Waals surface area contributed by atoms with E-state index in [0.29, 0.717) is 41.3 Å². The highest BCUT2D eigenvalue weighted by molar-refractivity contribution is 8.00. The van der Waals surface area contributed by atoms with Crippen LogP contribution in [-0.2, 0) is 16.1 Å². The summed E-state index contributed by atoms with van der Waals surface area (Å²) in [6.45, 7) is 2.72. The predicted octanol–water partition coefficient (Wildman–Crippen LogP) is 1.90. The van der Waals surface area contributed by atoms with Crippen molar-refractivity contribution in [1.82, 2.24) is 10.2 Å². The molecule has 8 heteroatoms. The lowest BCUT2D eigenvalue weighted by Crippen LogP contribution is -2.37. The monoisotopic (exact) mass is 358 g/mol. The Morgan fingerprint density at radius 3 is 2.87 bits per heavy atom. The molecule has 0 bridgehead atoms. The van der Waals surface area contributed by atoms with Gasteiger partial charge in [0.25, 0.3) is 0 Å². The molecule has 0 aromatic heterocycles. The van der Waals surface area contributed by atoms with Crippen molar-refractivity contribution in [1.29, 1.82) is 0 Å². The van der Waals surface area contributed by atoms with Crippen LogP contribution in [0.15, 0.2) is 12.1 Å². The fourth-order valence-electron chi connectivity index (χ4n) is 2.13. The summed E-state index contributed by atoms with van der Waals surface area (Å²) in [6.07, 6.45) is 0. The second-order valence-corrected chi connectivity index (χ2v) is 6.25. The summed E-state index contributed by atoms with van der Waals surface area (Å²) in [5.41, 5.74) is 0.797. The van der Waals surface area contributed by atoms with E-state index in [1.54, 1.807) is 12.1 Å². The van der Waals surface area contributed by atoms with Crippen molar-refractivity contribution in [3.8, 4) is 11.5 Å². The van der Waals surface area contributed by atoms with Crippen LogP contribution in [0.4, 0.5) is 0 Å². The number of ether oxygens (including phenoxy) is 2. The molecule has 1 aliphatic rings. The molecular formula is C15H19ClN2O4S. The van der Waals surface area contributed by atoms with E-state index in [0.717, 1.165) is 5.56 Å². The normalized spacial score (nSPS) is 14.0. The highest BCUT2D eigenvalue weighted by Crippen LogP contribution is 2.36. The zero-order chi connectivity index (χ0) is 16.8. The molecule has 1 fully saturated rings. The third-order valence-electron chi connectivity index (χ3n) is 3.23. The van der Waals surface area contributed by atoms with Gasteiger partial charge in [-0.25, -0.2) is 0 Å². The largest absolute Gasteiger partial charge is 0.493 e. The molecule has 1 heterocycles. The van der Waals surface area contributed by atoms with Gasteiger partial charge in [-0.15, -0.1) is 11.8 Å². The van der Waals surface area contributed by atoms with E-state index in [-0.39, 0.29) is 18.4 Å². The summed E-state index contributed by atoms with van der Waals surface area (Å²) >= 11 is 7.70. The van der Waals surface area contributed by atoms with Gasteiger partial charge in [0.05, 0.1) is 30.4 Å². The van der Waals surface area contributed by atoms with Crippen LogP contribution in [0.3, 0.4) is 0 Å². The number of carbonyl (C=O) groups is 2. The Balaban J connectivity index is 1.96. The van der Waals surface area contributed by atoms with Crippen LogP contribution < -0.4 is 14.8 Å². The number of benzene rings is 1. The predicted molar refractivity (Wildman–Crippen MR) is 90.1 cm³/mol. The standard InChI is InChI=1S/C15H19ClN2O4S/c1-3-22-15-11(16)4-10(5-12(15)21-2)6-17-13(19)7-18-9-23-8-14(18)20/h4-5H,3,6-9H2,1-2H3,(H,17,19). The Bertz CT molecular complexity index is 597. The fraction of sp³-hybridized carbons (Fsp3) is 0.467. The van der Waals surface area contributed by atoms with Crippen LogP contribution >= 0.6 is 23.4 Å². The number of nitrogens with zero attached hydrogens (tertiary/aromatic N) is 1. The van der Waals surface area contributed by atoms with Gasteiger partial charge in [0.1, 0.15) is 6.54 Å². The molecular weight excluding hydrogens is 340 g/mol. The SMILES string of the molecule is CCOc1c(Cl)cc(CNC(=O)CN2CSCC2=O)cc1OC. The Labute approximate surface area is 144 Å². The molecule has 0 atom stereocenters. The lowest BCUT2D eigenvalue weighted by Gasteiger charge is -2.15. The molecule has 1 saturated heterocycles. The molecule has 0 saturated carbocycles. The summed E-state index contributed by atoms with van der Waals surface area (Å²) < 4.78 is 10.7. The molecule has 0 radical (unpaired) electrons. The highest BCUT2D eigenvalue weighted by Gasteiger charge is 2.22. The Morgan fingerprint density at radius 2 is 2.26 bits per heavy atom. The minimum Gasteiger partial charge on any atom is -0.493 e. The Morgan fingerprint density at radius 1 is 1.48 bits per heavy atom. The third kappa shape index (κ3) is 4.68. The fourth-order valence-corrected chi connectivity index (χ4v) is 3.32. The van der Waals surface area contributed by atoms with Gasteiger partial charge in [-0.3, -0.25) is 9.59 Å². The van der Waals surface area contributed by atoms with Crippen molar-refractivity contribution >= 4 is 35.2 Å². The maximum atomic E-state index is 11.9. The topological polar surface area (TPSA) is 67.9 Å². The van der Waals surface area contributed by atoms with Crippen molar-refractivity contribution in [3.05, 3.63) is 22.7 Å². The van der Waals surface area contributed by atoms with Crippen molar-refractivity contribution in [2.24, 2.45) is 0 Å². The maximum Gasteiger partial charge on any atom is 0.239 e. The first kappa shape index (κ1) is 17.7. The Hall–Kier alpha value is -1.60. The number of nitrogens with one attached hydrogen (secondary N) is 1. The van der Waals surface area contributed by atoms with Crippen molar-refractivity contribution < 1.29 is 19.1 Å². The molecule has 0 unspecified atom stereocenters. The summed E-state index contributed by atoms with van der Waals surface area (Å²) in [5.74, 6) is 1.82. The van der Waals surface area contributed by atoms with E-state index in [2.05, 4.69) is 5.32 Å². The average molecular weight is 359 g/mol. The second-order valence-electron chi connectivity index (χ2n) is 4.89. The highest BCUT2D eigenvalue weighted by atomic mass is 35.5. The summed E-state index contributed by atoms with van der Waals surface area (Å²) in [4.78, 5) is 24.9. The van der Waals surface area contributed by atoms with E-state index in [4.69, 9.17) is 21.1 Å². The van der Waals surface area contributed by atoms with Crippen LogP contribution in [0.2, 0.25) is 5.02 Å². The van der Waals surface area contributed by atoms with Gasteiger partial charge in [0.2, 0.25) is 11.8 Å². The minimum absolute atomic E-state index is 0.00377. The van der Waals surface area contributed by atoms with Crippen molar-refractivity contribution in [2.75, 3.05) is 31.9 Å². The third-order valence-corrected chi connectivity index (χ3v) is 4.45. The number of methoxy groups -OCH3 is 1. The number of carbonyl (C=O) groups excluding carboxylic acids is 2.